The lowest BCUT2D eigenvalue weighted by Gasteiger charge is -2.08. The van der Waals surface area contributed by atoms with Crippen molar-refractivity contribution in [3.05, 3.63) is 17.4 Å². The van der Waals surface area contributed by atoms with Crippen molar-refractivity contribution >= 4 is 11.3 Å². The summed E-state index contributed by atoms with van der Waals surface area (Å²) >= 11 is 1.58. The van der Waals surface area contributed by atoms with Crippen LogP contribution < -0.4 is 5.32 Å². The van der Waals surface area contributed by atoms with Crippen molar-refractivity contribution < 1.29 is 0 Å². The van der Waals surface area contributed by atoms with E-state index in [0.717, 1.165) is 29.5 Å². The molecular formula is C10H15N5S. The van der Waals surface area contributed by atoms with E-state index in [2.05, 4.69) is 39.3 Å². The van der Waals surface area contributed by atoms with Gasteiger partial charge in [-0.1, -0.05) is 6.92 Å². The lowest BCUT2D eigenvalue weighted by Crippen LogP contribution is -2.24. The van der Waals surface area contributed by atoms with Crippen LogP contribution in [-0.2, 0) is 6.54 Å². The number of hydrogen-bond donors (Lipinski definition) is 2. The number of nitrogens with zero attached hydrogens (tertiary/aromatic N) is 3. The van der Waals surface area contributed by atoms with Gasteiger partial charge in [0.15, 0.2) is 10.8 Å². The van der Waals surface area contributed by atoms with Gasteiger partial charge >= 0.3 is 0 Å². The molecule has 1 unspecified atom stereocenters. The van der Waals surface area contributed by atoms with E-state index >= 15 is 0 Å². The molecule has 0 radical (unpaired) electrons. The van der Waals surface area contributed by atoms with Gasteiger partial charge in [-0.15, -0.1) is 11.3 Å². The van der Waals surface area contributed by atoms with Gasteiger partial charge < -0.3 is 5.32 Å². The minimum absolute atomic E-state index is 0.524. The van der Waals surface area contributed by atoms with Crippen molar-refractivity contribution in [1.82, 2.24) is 25.5 Å². The molecule has 0 fully saturated rings. The lowest BCUT2D eigenvalue weighted by molar-refractivity contribution is 0.530. The molecule has 2 N–H and O–H groups in total. The zero-order valence-corrected chi connectivity index (χ0v) is 10.2. The Morgan fingerprint density at radius 2 is 2.44 bits per heavy atom. The molecule has 2 heterocycles. The van der Waals surface area contributed by atoms with Gasteiger partial charge in [-0.2, -0.15) is 5.10 Å². The highest BCUT2D eigenvalue weighted by Gasteiger charge is 2.07. The van der Waals surface area contributed by atoms with Crippen LogP contribution in [0.15, 0.2) is 11.7 Å². The summed E-state index contributed by atoms with van der Waals surface area (Å²) in [4.78, 5) is 8.55. The Morgan fingerprint density at radius 3 is 3.12 bits per heavy atom. The van der Waals surface area contributed by atoms with E-state index in [1.165, 1.54) is 6.33 Å². The molecule has 0 aliphatic carbocycles. The first kappa shape index (κ1) is 11.2. The molecule has 0 bridgehead atoms. The van der Waals surface area contributed by atoms with Crippen LogP contribution in [0, 0.1) is 0 Å². The Balaban J connectivity index is 1.98. The van der Waals surface area contributed by atoms with E-state index in [9.17, 15) is 0 Å². The van der Waals surface area contributed by atoms with Crippen LogP contribution in [0.2, 0.25) is 0 Å². The van der Waals surface area contributed by atoms with E-state index in [4.69, 9.17) is 0 Å². The fraction of sp³-hybridized carbons (Fsp3) is 0.500. The number of thiazole rings is 1. The second kappa shape index (κ2) is 5.18. The molecule has 0 saturated heterocycles. The first-order chi connectivity index (χ1) is 7.79. The summed E-state index contributed by atoms with van der Waals surface area (Å²) in [6, 6.07) is 0.524. The Bertz CT molecular complexity index is 422. The van der Waals surface area contributed by atoms with E-state index in [-0.39, 0.29) is 0 Å². The summed E-state index contributed by atoms with van der Waals surface area (Å²) in [5.74, 6) is 0.736. The SMILES string of the molecule is CCC(C)NCc1csc(-c2ncn[nH]2)n1. The van der Waals surface area contributed by atoms with Crippen molar-refractivity contribution in [2.45, 2.75) is 32.9 Å². The lowest BCUT2D eigenvalue weighted by atomic mass is 10.2. The molecular weight excluding hydrogens is 222 g/mol. The Hall–Kier alpha value is -1.27. The zero-order chi connectivity index (χ0) is 11.4. The third kappa shape index (κ3) is 2.65. The molecule has 86 valence electrons. The normalized spacial score (nSPS) is 12.9. The molecule has 1 atom stereocenters. The van der Waals surface area contributed by atoms with Crippen LogP contribution in [-0.4, -0.2) is 26.2 Å². The van der Waals surface area contributed by atoms with Crippen LogP contribution in [0.1, 0.15) is 26.0 Å². The topological polar surface area (TPSA) is 66.5 Å². The van der Waals surface area contributed by atoms with E-state index < -0.39 is 0 Å². The minimum atomic E-state index is 0.524. The highest BCUT2D eigenvalue weighted by atomic mass is 32.1. The van der Waals surface area contributed by atoms with Gasteiger partial charge in [0.05, 0.1) is 5.69 Å². The number of aromatic amines is 1. The third-order valence-electron chi connectivity index (χ3n) is 2.41. The largest absolute Gasteiger partial charge is 0.309 e. The number of H-pyrrole nitrogens is 1. The quantitative estimate of drug-likeness (QED) is 0.832. The third-order valence-corrected chi connectivity index (χ3v) is 3.31. The molecule has 0 amide bonds. The molecule has 16 heavy (non-hydrogen) atoms. The first-order valence-corrected chi connectivity index (χ1v) is 6.21. The average molecular weight is 237 g/mol. The van der Waals surface area contributed by atoms with Gasteiger partial charge in [-0.3, -0.25) is 5.10 Å². The molecule has 5 nitrogen and oxygen atoms in total. The average Bonchev–Trinajstić information content (AvgIpc) is 2.95. The second-order valence-corrected chi connectivity index (χ2v) is 4.53. The minimum Gasteiger partial charge on any atom is -0.309 e. The summed E-state index contributed by atoms with van der Waals surface area (Å²) in [6.07, 6.45) is 2.62. The molecule has 0 aliphatic rings. The van der Waals surface area contributed by atoms with Gasteiger partial charge in [-0.05, 0) is 13.3 Å². The zero-order valence-electron chi connectivity index (χ0n) is 9.40. The van der Waals surface area contributed by atoms with Crippen molar-refractivity contribution in [3.63, 3.8) is 0 Å². The summed E-state index contributed by atoms with van der Waals surface area (Å²) in [5.41, 5.74) is 1.05. The van der Waals surface area contributed by atoms with Crippen molar-refractivity contribution in [2.24, 2.45) is 0 Å². The van der Waals surface area contributed by atoms with Gasteiger partial charge in [0.1, 0.15) is 6.33 Å². The van der Waals surface area contributed by atoms with Crippen molar-refractivity contribution in [2.75, 3.05) is 0 Å². The monoisotopic (exact) mass is 237 g/mol. The Labute approximate surface area is 98.3 Å². The van der Waals surface area contributed by atoms with Gasteiger partial charge in [0, 0.05) is 18.0 Å². The standard InChI is InChI=1S/C10H15N5S/c1-3-7(2)11-4-8-5-16-10(14-8)9-12-6-13-15-9/h5-7,11H,3-4H2,1-2H3,(H,12,13,15). The summed E-state index contributed by atoms with van der Waals surface area (Å²) in [7, 11) is 0. The molecule has 6 heteroatoms. The number of aromatic nitrogens is 4. The molecule has 0 aromatic carbocycles. The Morgan fingerprint density at radius 1 is 1.56 bits per heavy atom. The summed E-state index contributed by atoms with van der Waals surface area (Å²) in [6.45, 7) is 5.14. The highest BCUT2D eigenvalue weighted by Crippen LogP contribution is 2.19. The van der Waals surface area contributed by atoms with E-state index in [0.29, 0.717) is 6.04 Å². The van der Waals surface area contributed by atoms with Crippen LogP contribution in [0.4, 0.5) is 0 Å². The fourth-order valence-electron chi connectivity index (χ4n) is 1.23. The highest BCUT2D eigenvalue weighted by molar-refractivity contribution is 7.13. The van der Waals surface area contributed by atoms with Gasteiger partial charge in [0.2, 0.25) is 0 Å². The van der Waals surface area contributed by atoms with E-state index in [1.807, 2.05) is 5.38 Å². The number of rotatable bonds is 5. The summed E-state index contributed by atoms with van der Waals surface area (Å²) in [5, 5.41) is 13.0. The molecule has 2 aromatic rings. The van der Waals surface area contributed by atoms with E-state index in [1.54, 1.807) is 11.3 Å². The van der Waals surface area contributed by atoms with Crippen LogP contribution >= 0.6 is 11.3 Å². The fourth-order valence-corrected chi connectivity index (χ4v) is 1.99. The molecule has 0 aliphatic heterocycles. The number of hydrogen-bond acceptors (Lipinski definition) is 5. The molecule has 2 aromatic heterocycles. The van der Waals surface area contributed by atoms with Crippen LogP contribution in [0.5, 0.6) is 0 Å². The predicted molar refractivity (Wildman–Crippen MR) is 64.1 cm³/mol. The number of nitrogens with one attached hydrogen (secondary N) is 2. The predicted octanol–water partition coefficient (Wildman–Crippen LogP) is 1.82. The first-order valence-electron chi connectivity index (χ1n) is 5.33. The molecule has 0 spiro atoms. The molecule has 2 rings (SSSR count). The second-order valence-electron chi connectivity index (χ2n) is 3.67. The maximum Gasteiger partial charge on any atom is 0.184 e. The van der Waals surface area contributed by atoms with Crippen LogP contribution in [0.3, 0.4) is 0 Å². The molecule has 0 saturated carbocycles. The van der Waals surface area contributed by atoms with Crippen LogP contribution in [0.25, 0.3) is 10.8 Å². The van der Waals surface area contributed by atoms with Gasteiger partial charge in [0.25, 0.3) is 0 Å². The summed E-state index contributed by atoms with van der Waals surface area (Å²) < 4.78 is 0. The van der Waals surface area contributed by atoms with Crippen molar-refractivity contribution in [1.29, 1.82) is 0 Å². The Kier molecular flexibility index (Phi) is 3.63. The van der Waals surface area contributed by atoms with Crippen molar-refractivity contribution in [3.8, 4) is 10.8 Å². The maximum atomic E-state index is 4.48. The smallest absolute Gasteiger partial charge is 0.184 e. The van der Waals surface area contributed by atoms with Gasteiger partial charge in [-0.25, -0.2) is 9.97 Å². The maximum absolute atomic E-state index is 4.48.